The maximum Gasteiger partial charge on any atom is 0.263 e. The van der Waals surface area contributed by atoms with Crippen LogP contribution in [0, 0.1) is 0 Å². The molecule has 132 valence electrons. The highest BCUT2D eigenvalue weighted by atomic mass is 16.5. The number of ketones is 1. The van der Waals surface area contributed by atoms with Gasteiger partial charge < -0.3 is 19.6 Å². The molecule has 0 aliphatic heterocycles. The predicted octanol–water partition coefficient (Wildman–Crippen LogP) is 3.15. The second kappa shape index (κ2) is 7.14. The smallest absolute Gasteiger partial charge is 0.263 e. The molecule has 0 saturated carbocycles. The third kappa shape index (κ3) is 3.17. The fourth-order valence-electron chi connectivity index (χ4n) is 2.66. The zero-order valence-electron chi connectivity index (χ0n) is 14.3. The molecule has 0 spiro atoms. The van der Waals surface area contributed by atoms with Crippen molar-refractivity contribution in [3.8, 4) is 17.2 Å². The average Bonchev–Trinajstić information content (AvgIpc) is 2.66. The number of nitrogens with one attached hydrogen (secondary N) is 1. The van der Waals surface area contributed by atoms with Crippen molar-refractivity contribution in [3.63, 3.8) is 0 Å². The van der Waals surface area contributed by atoms with Crippen molar-refractivity contribution < 1.29 is 19.4 Å². The van der Waals surface area contributed by atoms with Gasteiger partial charge in [-0.15, -0.1) is 0 Å². The summed E-state index contributed by atoms with van der Waals surface area (Å²) in [6.07, 6.45) is 2.75. The van der Waals surface area contributed by atoms with Crippen molar-refractivity contribution in [1.29, 1.82) is 0 Å². The van der Waals surface area contributed by atoms with E-state index in [1.165, 1.54) is 19.3 Å². The first-order valence-corrected chi connectivity index (χ1v) is 7.83. The van der Waals surface area contributed by atoms with Gasteiger partial charge in [-0.25, -0.2) is 0 Å². The second-order valence-corrected chi connectivity index (χ2v) is 5.53. The van der Waals surface area contributed by atoms with E-state index in [1.807, 2.05) is 0 Å². The molecule has 3 aromatic rings. The van der Waals surface area contributed by atoms with Gasteiger partial charge in [0.05, 0.1) is 19.7 Å². The molecule has 1 heterocycles. The lowest BCUT2D eigenvalue weighted by atomic mass is 10.1. The Kier molecular flexibility index (Phi) is 4.75. The first kappa shape index (κ1) is 17.3. The summed E-state index contributed by atoms with van der Waals surface area (Å²) in [4.78, 5) is 27.3. The van der Waals surface area contributed by atoms with Crippen LogP contribution in [0.1, 0.15) is 15.9 Å². The first-order chi connectivity index (χ1) is 12.5. The number of carbonyl (C=O) groups is 1. The molecule has 6 nitrogen and oxygen atoms in total. The van der Waals surface area contributed by atoms with Gasteiger partial charge in [-0.2, -0.15) is 0 Å². The molecule has 0 saturated heterocycles. The van der Waals surface area contributed by atoms with Crippen LogP contribution in [0.4, 0.5) is 0 Å². The number of para-hydroxylation sites is 1. The lowest BCUT2D eigenvalue weighted by Gasteiger charge is -2.07. The van der Waals surface area contributed by atoms with Crippen LogP contribution in [0.5, 0.6) is 17.2 Å². The molecular weight excluding hydrogens is 334 g/mol. The second-order valence-electron chi connectivity index (χ2n) is 5.53. The fraction of sp³-hybridized carbons (Fsp3) is 0.100. The zero-order valence-corrected chi connectivity index (χ0v) is 14.3. The molecule has 0 unspecified atom stereocenters. The highest BCUT2D eigenvalue weighted by molar-refractivity contribution is 6.11. The Morgan fingerprint density at radius 3 is 2.62 bits per heavy atom. The summed E-state index contributed by atoms with van der Waals surface area (Å²) >= 11 is 0. The van der Waals surface area contributed by atoms with Crippen LogP contribution in [0.25, 0.3) is 17.0 Å². The van der Waals surface area contributed by atoms with Gasteiger partial charge in [0, 0.05) is 17.0 Å². The summed E-state index contributed by atoms with van der Waals surface area (Å²) in [7, 11) is 3.05. The number of hydrogen-bond acceptors (Lipinski definition) is 5. The average molecular weight is 351 g/mol. The lowest BCUT2D eigenvalue weighted by Crippen LogP contribution is -2.16. The van der Waals surface area contributed by atoms with Gasteiger partial charge in [0.15, 0.2) is 5.78 Å². The SMILES string of the molecule is COc1ccc(/C=C/C(=O)c2c(O)c3ccccc3[nH]c2=O)c(OC)c1. The van der Waals surface area contributed by atoms with E-state index in [0.717, 1.165) is 0 Å². The number of ether oxygens (including phenoxy) is 2. The summed E-state index contributed by atoms with van der Waals surface area (Å²) in [5, 5.41) is 10.8. The standard InChI is InChI=1S/C20H17NO5/c1-25-13-9-7-12(17(11-13)26-2)8-10-16(22)18-19(23)14-5-3-4-6-15(14)21-20(18)24/h3-11H,1-2H3,(H2,21,23,24)/b10-8+. The number of carbonyl (C=O) groups excluding carboxylic acids is 1. The van der Waals surface area contributed by atoms with E-state index >= 15 is 0 Å². The van der Waals surface area contributed by atoms with Crippen LogP contribution in [-0.4, -0.2) is 30.1 Å². The molecule has 3 rings (SSSR count). The summed E-state index contributed by atoms with van der Waals surface area (Å²) in [6.45, 7) is 0. The van der Waals surface area contributed by atoms with Crippen molar-refractivity contribution in [2.45, 2.75) is 0 Å². The largest absolute Gasteiger partial charge is 0.506 e. The van der Waals surface area contributed by atoms with Gasteiger partial charge in [-0.1, -0.05) is 12.1 Å². The van der Waals surface area contributed by atoms with Gasteiger partial charge in [-0.3, -0.25) is 9.59 Å². The number of benzene rings is 2. The van der Waals surface area contributed by atoms with Crippen LogP contribution in [-0.2, 0) is 0 Å². The van der Waals surface area contributed by atoms with Crippen molar-refractivity contribution in [1.82, 2.24) is 4.98 Å². The summed E-state index contributed by atoms with van der Waals surface area (Å²) in [6, 6.07) is 11.9. The first-order valence-electron chi connectivity index (χ1n) is 7.83. The normalized spacial score (nSPS) is 11.0. The minimum absolute atomic E-state index is 0.299. The van der Waals surface area contributed by atoms with E-state index in [-0.39, 0.29) is 11.3 Å². The topological polar surface area (TPSA) is 88.6 Å². The Bertz CT molecular complexity index is 1070. The molecule has 6 heteroatoms. The molecule has 0 aliphatic rings. The van der Waals surface area contributed by atoms with Gasteiger partial charge in [0.2, 0.25) is 0 Å². The van der Waals surface area contributed by atoms with Gasteiger partial charge in [0.1, 0.15) is 22.8 Å². The Labute approximate surface area is 149 Å². The Hall–Kier alpha value is -3.54. The number of aromatic amines is 1. The van der Waals surface area contributed by atoms with Crippen LogP contribution < -0.4 is 15.0 Å². The number of methoxy groups -OCH3 is 2. The minimum Gasteiger partial charge on any atom is -0.506 e. The molecule has 0 fully saturated rings. The minimum atomic E-state index is -0.641. The van der Waals surface area contributed by atoms with Crippen molar-refractivity contribution in [3.05, 3.63) is 70.0 Å². The molecule has 0 radical (unpaired) electrons. The number of fused-ring (bicyclic) bond motifs is 1. The lowest BCUT2D eigenvalue weighted by molar-refractivity contribution is 0.104. The Morgan fingerprint density at radius 2 is 1.88 bits per heavy atom. The molecule has 26 heavy (non-hydrogen) atoms. The van der Waals surface area contributed by atoms with E-state index in [2.05, 4.69) is 4.98 Å². The number of pyridine rings is 1. The summed E-state index contributed by atoms with van der Waals surface area (Å²) < 4.78 is 10.4. The molecular formula is C20H17NO5. The monoisotopic (exact) mass is 351 g/mol. The van der Waals surface area contributed by atoms with E-state index < -0.39 is 11.3 Å². The Morgan fingerprint density at radius 1 is 1.12 bits per heavy atom. The summed E-state index contributed by atoms with van der Waals surface area (Å²) in [5.41, 5.74) is 0.163. The highest BCUT2D eigenvalue weighted by Crippen LogP contribution is 2.27. The van der Waals surface area contributed by atoms with E-state index in [0.29, 0.717) is 28.0 Å². The summed E-state index contributed by atoms with van der Waals surface area (Å²) in [5.74, 6) is 0.201. The van der Waals surface area contributed by atoms with Crippen LogP contribution >= 0.6 is 0 Å². The van der Waals surface area contributed by atoms with Gasteiger partial charge >= 0.3 is 0 Å². The predicted molar refractivity (Wildman–Crippen MR) is 99.1 cm³/mol. The number of H-pyrrole nitrogens is 1. The maximum absolute atomic E-state index is 12.5. The number of rotatable bonds is 5. The number of allylic oxidation sites excluding steroid dienone is 1. The number of aromatic hydroxyl groups is 1. The third-order valence-electron chi connectivity index (χ3n) is 4.00. The van der Waals surface area contributed by atoms with E-state index in [1.54, 1.807) is 49.6 Å². The van der Waals surface area contributed by atoms with Crippen molar-refractivity contribution in [2.24, 2.45) is 0 Å². The number of aromatic nitrogens is 1. The van der Waals surface area contributed by atoms with Gasteiger partial charge in [0.25, 0.3) is 5.56 Å². The molecule has 0 amide bonds. The fourth-order valence-corrected chi connectivity index (χ4v) is 2.66. The van der Waals surface area contributed by atoms with Crippen molar-refractivity contribution >= 4 is 22.8 Å². The van der Waals surface area contributed by atoms with Crippen LogP contribution in [0.15, 0.2) is 53.3 Å². The number of hydrogen-bond donors (Lipinski definition) is 2. The highest BCUT2D eigenvalue weighted by Gasteiger charge is 2.17. The van der Waals surface area contributed by atoms with Gasteiger partial charge in [-0.05, 0) is 36.4 Å². The molecule has 2 N–H and O–H groups in total. The third-order valence-corrected chi connectivity index (χ3v) is 4.00. The van der Waals surface area contributed by atoms with E-state index in [9.17, 15) is 14.7 Å². The van der Waals surface area contributed by atoms with E-state index in [4.69, 9.17) is 9.47 Å². The quantitative estimate of drug-likeness (QED) is 0.544. The molecule has 0 bridgehead atoms. The zero-order chi connectivity index (χ0) is 18.7. The Balaban J connectivity index is 2.00. The molecule has 0 aliphatic carbocycles. The van der Waals surface area contributed by atoms with Crippen LogP contribution in [0.3, 0.4) is 0 Å². The maximum atomic E-state index is 12.5. The molecule has 0 atom stereocenters. The molecule has 1 aromatic heterocycles. The van der Waals surface area contributed by atoms with Crippen LogP contribution in [0.2, 0.25) is 0 Å². The molecule has 2 aromatic carbocycles. The van der Waals surface area contributed by atoms with Crippen molar-refractivity contribution in [2.75, 3.05) is 14.2 Å².